The van der Waals surface area contributed by atoms with Crippen molar-refractivity contribution < 1.29 is 0 Å². The zero-order valence-electron chi connectivity index (χ0n) is 9.82. The van der Waals surface area contributed by atoms with Crippen LogP contribution in [-0.4, -0.2) is 22.4 Å². The molecule has 0 spiro atoms. The van der Waals surface area contributed by atoms with Gasteiger partial charge in [0.15, 0.2) is 0 Å². The Morgan fingerprint density at radius 3 is 3.12 bits per heavy atom. The first-order chi connectivity index (χ1) is 7.74. The molecule has 0 amide bonds. The second-order valence-corrected chi connectivity index (χ2v) is 6.09. The van der Waals surface area contributed by atoms with E-state index in [0.29, 0.717) is 0 Å². The molecular weight excluding hydrogens is 313 g/mol. The van der Waals surface area contributed by atoms with Crippen LogP contribution in [0.15, 0.2) is 12.4 Å². The topological polar surface area (TPSA) is 29.9 Å². The number of rotatable bonds is 4. The summed E-state index contributed by atoms with van der Waals surface area (Å²) in [6.07, 6.45) is 9.49. The van der Waals surface area contributed by atoms with Gasteiger partial charge in [-0.1, -0.05) is 19.8 Å². The minimum absolute atomic E-state index is 0.735. The lowest BCUT2D eigenvalue weighted by molar-refractivity contribution is 0.298. The van der Waals surface area contributed by atoms with Crippen molar-refractivity contribution in [2.24, 2.45) is 5.92 Å². The number of hydrogen-bond donors (Lipinski definition) is 1. The van der Waals surface area contributed by atoms with E-state index in [1.54, 1.807) is 0 Å². The van der Waals surface area contributed by atoms with Crippen LogP contribution in [-0.2, 0) is 6.54 Å². The fraction of sp³-hybridized carbons (Fsp3) is 0.750. The normalized spacial score (nSPS) is 25.9. The molecule has 2 atom stereocenters. The van der Waals surface area contributed by atoms with Gasteiger partial charge >= 0.3 is 0 Å². The van der Waals surface area contributed by atoms with Crippen LogP contribution in [0.5, 0.6) is 0 Å². The number of aromatic nitrogens is 2. The van der Waals surface area contributed by atoms with E-state index in [4.69, 9.17) is 0 Å². The minimum atomic E-state index is 0.735. The molecule has 2 rings (SSSR count). The molecule has 1 N–H and O–H groups in total. The van der Waals surface area contributed by atoms with Crippen molar-refractivity contribution in [3.63, 3.8) is 0 Å². The van der Waals surface area contributed by atoms with Crippen molar-refractivity contribution in [2.45, 2.75) is 45.2 Å². The van der Waals surface area contributed by atoms with Gasteiger partial charge in [0.25, 0.3) is 0 Å². The smallest absolute Gasteiger partial charge is 0.0623 e. The lowest BCUT2D eigenvalue weighted by Crippen LogP contribution is -2.35. The first-order valence-corrected chi connectivity index (χ1v) is 7.23. The van der Waals surface area contributed by atoms with Gasteiger partial charge in [0.1, 0.15) is 0 Å². The summed E-state index contributed by atoms with van der Waals surface area (Å²) in [5.41, 5.74) is 0. The average molecular weight is 333 g/mol. The largest absolute Gasteiger partial charge is 0.312 e. The SMILES string of the molecule is CC1CCCC(NCCn2cc(I)cn2)C1. The Kier molecular flexibility index (Phi) is 4.64. The predicted octanol–water partition coefficient (Wildman–Crippen LogP) is 2.66. The third kappa shape index (κ3) is 3.73. The standard InChI is InChI=1S/C12H20IN3/c1-10-3-2-4-12(7-10)14-5-6-16-9-11(13)8-15-16/h8-10,12,14H,2-7H2,1H3. The van der Waals surface area contributed by atoms with Gasteiger partial charge in [0.05, 0.1) is 16.3 Å². The lowest BCUT2D eigenvalue weighted by Gasteiger charge is -2.27. The number of halogens is 1. The first kappa shape index (κ1) is 12.4. The number of nitrogens with one attached hydrogen (secondary N) is 1. The summed E-state index contributed by atoms with van der Waals surface area (Å²) >= 11 is 2.29. The van der Waals surface area contributed by atoms with Crippen LogP contribution in [0.3, 0.4) is 0 Å². The number of hydrogen-bond acceptors (Lipinski definition) is 2. The molecule has 1 aliphatic rings. The van der Waals surface area contributed by atoms with E-state index in [1.165, 1.54) is 29.3 Å². The van der Waals surface area contributed by atoms with Gasteiger partial charge in [0, 0.05) is 18.8 Å². The molecule has 1 aliphatic carbocycles. The fourth-order valence-electron chi connectivity index (χ4n) is 2.46. The highest BCUT2D eigenvalue weighted by molar-refractivity contribution is 14.1. The second kappa shape index (κ2) is 6.00. The predicted molar refractivity (Wildman–Crippen MR) is 74.4 cm³/mol. The van der Waals surface area contributed by atoms with Crippen LogP contribution in [0.25, 0.3) is 0 Å². The molecule has 90 valence electrons. The molecular formula is C12H20IN3. The fourth-order valence-corrected chi connectivity index (χ4v) is 2.91. The Balaban J connectivity index is 1.67. The van der Waals surface area contributed by atoms with Crippen molar-refractivity contribution in [3.05, 3.63) is 16.0 Å². The molecule has 16 heavy (non-hydrogen) atoms. The van der Waals surface area contributed by atoms with Gasteiger partial charge in [-0.3, -0.25) is 4.68 Å². The summed E-state index contributed by atoms with van der Waals surface area (Å²) < 4.78 is 3.23. The quantitative estimate of drug-likeness (QED) is 0.859. The molecule has 0 aliphatic heterocycles. The van der Waals surface area contributed by atoms with Gasteiger partial charge in [-0.25, -0.2) is 0 Å². The molecule has 3 nitrogen and oxygen atoms in total. The molecule has 0 aromatic carbocycles. The monoisotopic (exact) mass is 333 g/mol. The van der Waals surface area contributed by atoms with Crippen molar-refractivity contribution in [1.29, 1.82) is 0 Å². The Hall–Kier alpha value is -0.100. The molecule has 1 fully saturated rings. The molecule has 0 bridgehead atoms. The summed E-state index contributed by atoms with van der Waals surface area (Å²) in [4.78, 5) is 0. The van der Waals surface area contributed by atoms with Gasteiger partial charge in [-0.2, -0.15) is 5.10 Å². The van der Waals surface area contributed by atoms with E-state index in [2.05, 4.69) is 46.1 Å². The zero-order chi connectivity index (χ0) is 11.4. The van der Waals surface area contributed by atoms with Gasteiger partial charge in [-0.05, 0) is 41.4 Å². The maximum absolute atomic E-state index is 4.28. The molecule has 2 unspecified atom stereocenters. The van der Waals surface area contributed by atoms with Crippen molar-refractivity contribution in [2.75, 3.05) is 6.54 Å². The van der Waals surface area contributed by atoms with E-state index in [-0.39, 0.29) is 0 Å². The van der Waals surface area contributed by atoms with E-state index >= 15 is 0 Å². The molecule has 1 heterocycles. The van der Waals surface area contributed by atoms with E-state index in [0.717, 1.165) is 25.0 Å². The molecule has 1 aromatic heterocycles. The van der Waals surface area contributed by atoms with Gasteiger partial charge in [0.2, 0.25) is 0 Å². The molecule has 0 radical (unpaired) electrons. The lowest BCUT2D eigenvalue weighted by atomic mass is 9.87. The van der Waals surface area contributed by atoms with E-state index < -0.39 is 0 Å². The van der Waals surface area contributed by atoms with Crippen LogP contribution in [0.4, 0.5) is 0 Å². The molecule has 4 heteroatoms. The van der Waals surface area contributed by atoms with Gasteiger partial charge in [-0.15, -0.1) is 0 Å². The van der Waals surface area contributed by atoms with Crippen molar-refractivity contribution in [3.8, 4) is 0 Å². The maximum Gasteiger partial charge on any atom is 0.0623 e. The average Bonchev–Trinajstić information content (AvgIpc) is 2.64. The highest BCUT2D eigenvalue weighted by Crippen LogP contribution is 2.23. The molecule has 1 saturated carbocycles. The van der Waals surface area contributed by atoms with Crippen molar-refractivity contribution >= 4 is 22.6 Å². The number of nitrogens with zero attached hydrogens (tertiary/aromatic N) is 2. The van der Waals surface area contributed by atoms with Crippen molar-refractivity contribution in [1.82, 2.24) is 15.1 Å². The van der Waals surface area contributed by atoms with Crippen LogP contribution in [0, 0.1) is 9.49 Å². The molecule has 1 aromatic rings. The molecule has 0 saturated heterocycles. The Morgan fingerprint density at radius 1 is 1.56 bits per heavy atom. The van der Waals surface area contributed by atoms with E-state index in [1.807, 2.05) is 10.9 Å². The third-order valence-electron chi connectivity index (χ3n) is 3.31. The first-order valence-electron chi connectivity index (χ1n) is 6.15. The maximum atomic E-state index is 4.28. The zero-order valence-corrected chi connectivity index (χ0v) is 12.0. The van der Waals surface area contributed by atoms with Crippen LogP contribution in [0.2, 0.25) is 0 Å². The Bertz CT molecular complexity index is 324. The third-order valence-corrected chi connectivity index (χ3v) is 3.87. The summed E-state index contributed by atoms with van der Waals surface area (Å²) in [5.74, 6) is 0.900. The highest BCUT2D eigenvalue weighted by Gasteiger charge is 2.17. The summed E-state index contributed by atoms with van der Waals surface area (Å²) in [6, 6.07) is 0.735. The highest BCUT2D eigenvalue weighted by atomic mass is 127. The van der Waals surface area contributed by atoms with Crippen LogP contribution >= 0.6 is 22.6 Å². The Morgan fingerprint density at radius 2 is 2.44 bits per heavy atom. The summed E-state index contributed by atoms with van der Waals surface area (Å²) in [7, 11) is 0. The van der Waals surface area contributed by atoms with Crippen LogP contribution in [0.1, 0.15) is 32.6 Å². The van der Waals surface area contributed by atoms with Gasteiger partial charge < -0.3 is 5.32 Å². The summed E-state index contributed by atoms with van der Waals surface area (Å²) in [5, 5.41) is 7.93. The van der Waals surface area contributed by atoms with Crippen LogP contribution < -0.4 is 5.32 Å². The summed E-state index contributed by atoms with van der Waals surface area (Å²) in [6.45, 7) is 4.38. The second-order valence-electron chi connectivity index (χ2n) is 4.84. The van der Waals surface area contributed by atoms with E-state index in [9.17, 15) is 0 Å². The Labute approximate surface area is 111 Å². The minimum Gasteiger partial charge on any atom is -0.312 e.